The van der Waals surface area contributed by atoms with Crippen LogP contribution < -0.4 is 14.9 Å². The van der Waals surface area contributed by atoms with Crippen LogP contribution >= 0.6 is 12.2 Å². The highest BCUT2D eigenvalue weighted by molar-refractivity contribution is 7.92. The van der Waals surface area contributed by atoms with Crippen LogP contribution in [0, 0.1) is 6.92 Å². The zero-order valence-electron chi connectivity index (χ0n) is 20.0. The van der Waals surface area contributed by atoms with Gasteiger partial charge in [-0.2, -0.15) is 0 Å². The number of aryl methyl sites for hydroxylation is 1. The summed E-state index contributed by atoms with van der Waals surface area (Å²) in [7, 11) is -3.36. The van der Waals surface area contributed by atoms with E-state index in [2.05, 4.69) is 42.8 Å². The average Bonchev–Trinajstić information content (AvgIpc) is 3.45. The molecule has 3 aromatic rings. The molecule has 7 nitrogen and oxygen atoms in total. The van der Waals surface area contributed by atoms with Crippen molar-refractivity contribution in [3.63, 3.8) is 0 Å². The van der Waals surface area contributed by atoms with Gasteiger partial charge in [-0.25, -0.2) is 8.42 Å². The van der Waals surface area contributed by atoms with Crippen molar-refractivity contribution in [1.82, 2.24) is 14.9 Å². The van der Waals surface area contributed by atoms with Gasteiger partial charge in [0.1, 0.15) is 6.04 Å². The molecule has 2 aromatic heterocycles. The Morgan fingerprint density at radius 2 is 1.89 bits per heavy atom. The Kier molecular flexibility index (Phi) is 6.55. The summed E-state index contributed by atoms with van der Waals surface area (Å²) in [4.78, 5) is 6.82. The first-order chi connectivity index (χ1) is 16.8. The molecule has 1 saturated carbocycles. The first kappa shape index (κ1) is 23.8. The third-order valence-electron chi connectivity index (χ3n) is 6.96. The molecule has 0 radical (unpaired) electrons. The van der Waals surface area contributed by atoms with Gasteiger partial charge in [0.25, 0.3) is 0 Å². The van der Waals surface area contributed by atoms with Gasteiger partial charge < -0.3 is 14.8 Å². The Bertz CT molecular complexity index is 1320. The number of thiocarbonyl (C=S) groups is 1. The van der Waals surface area contributed by atoms with E-state index in [4.69, 9.17) is 12.2 Å². The Morgan fingerprint density at radius 3 is 2.57 bits per heavy atom. The van der Waals surface area contributed by atoms with Crippen LogP contribution in [-0.4, -0.2) is 29.3 Å². The first-order valence-electron chi connectivity index (χ1n) is 12.1. The summed E-state index contributed by atoms with van der Waals surface area (Å²) in [5, 5.41) is 4.16. The molecule has 0 spiro atoms. The lowest BCUT2D eigenvalue weighted by atomic mass is 9.94. The smallest absolute Gasteiger partial charge is 0.229 e. The predicted molar refractivity (Wildman–Crippen MR) is 144 cm³/mol. The summed E-state index contributed by atoms with van der Waals surface area (Å²) in [6.07, 6.45) is 11.4. The van der Waals surface area contributed by atoms with E-state index in [1.807, 2.05) is 43.5 Å². The van der Waals surface area contributed by atoms with Gasteiger partial charge in [-0.1, -0.05) is 25.3 Å². The van der Waals surface area contributed by atoms with Gasteiger partial charge in [0, 0.05) is 29.8 Å². The molecule has 0 amide bonds. The summed E-state index contributed by atoms with van der Waals surface area (Å²) in [5.74, 6) is 0. The number of rotatable bonds is 6. The van der Waals surface area contributed by atoms with Crippen LogP contribution in [0.3, 0.4) is 0 Å². The number of nitrogens with one attached hydrogen (secondary N) is 2. The van der Waals surface area contributed by atoms with Crippen molar-refractivity contribution in [3.05, 3.63) is 77.9 Å². The molecule has 5 rings (SSSR count). The van der Waals surface area contributed by atoms with E-state index in [1.54, 1.807) is 6.07 Å². The second-order valence-corrected chi connectivity index (χ2v) is 11.6. The summed E-state index contributed by atoms with van der Waals surface area (Å²) in [5.41, 5.74) is 4.46. The lowest BCUT2D eigenvalue weighted by Gasteiger charge is -2.32. The van der Waals surface area contributed by atoms with Gasteiger partial charge in [0.15, 0.2) is 5.11 Å². The minimum Gasteiger partial charge on any atom is -0.351 e. The van der Waals surface area contributed by atoms with Crippen molar-refractivity contribution in [2.75, 3.05) is 15.9 Å². The fourth-order valence-corrected chi connectivity index (χ4v) is 6.37. The number of nitrogens with zero attached hydrogens (tertiary/aromatic N) is 3. The Labute approximate surface area is 212 Å². The van der Waals surface area contributed by atoms with Crippen molar-refractivity contribution < 1.29 is 8.42 Å². The quantitative estimate of drug-likeness (QED) is 0.442. The molecule has 0 bridgehead atoms. The highest BCUT2D eigenvalue weighted by Crippen LogP contribution is 2.44. The molecule has 2 unspecified atom stereocenters. The van der Waals surface area contributed by atoms with E-state index in [0.29, 0.717) is 16.8 Å². The third-order valence-corrected chi connectivity index (χ3v) is 7.87. The summed E-state index contributed by atoms with van der Waals surface area (Å²) in [6.45, 7) is 1.90. The fourth-order valence-electron chi connectivity index (χ4n) is 5.39. The second-order valence-electron chi connectivity index (χ2n) is 9.50. The van der Waals surface area contributed by atoms with Gasteiger partial charge in [-0.15, -0.1) is 0 Å². The van der Waals surface area contributed by atoms with Crippen LogP contribution in [0.15, 0.2) is 60.9 Å². The van der Waals surface area contributed by atoms with Crippen LogP contribution in [-0.2, 0) is 10.0 Å². The second kappa shape index (κ2) is 9.62. The molecule has 2 N–H and O–H groups in total. The highest BCUT2D eigenvalue weighted by Gasteiger charge is 2.42. The molecule has 1 aliphatic carbocycles. The molecule has 1 aromatic carbocycles. The summed E-state index contributed by atoms with van der Waals surface area (Å²) < 4.78 is 28.6. The predicted octanol–water partition coefficient (Wildman–Crippen LogP) is 5.25. The van der Waals surface area contributed by atoms with Crippen molar-refractivity contribution in [2.24, 2.45) is 0 Å². The Morgan fingerprint density at radius 1 is 1.09 bits per heavy atom. The Balaban J connectivity index is 1.58. The minimum atomic E-state index is -3.36. The van der Waals surface area contributed by atoms with E-state index >= 15 is 0 Å². The third kappa shape index (κ3) is 4.92. The molecule has 1 saturated heterocycles. The number of sulfonamides is 1. The number of aromatic nitrogens is 2. The molecular weight excluding hydrogens is 478 g/mol. The molecule has 2 atom stereocenters. The van der Waals surface area contributed by atoms with Gasteiger partial charge in [-0.3, -0.25) is 9.71 Å². The maximum atomic E-state index is 11.8. The maximum absolute atomic E-state index is 11.8. The van der Waals surface area contributed by atoms with Crippen LogP contribution in [0.1, 0.15) is 67.2 Å². The van der Waals surface area contributed by atoms with E-state index in [1.165, 1.54) is 37.8 Å². The maximum Gasteiger partial charge on any atom is 0.229 e. The molecular formula is C26H31N5O2S2. The SMILES string of the molecule is Cc1cc(N2C(=S)NC(c3ccccn3)C2c2cccn2C2CCCCC2)ccc1NS(C)(=O)=O. The normalized spacial score (nSPS) is 21.2. The first-order valence-corrected chi connectivity index (χ1v) is 14.4. The van der Waals surface area contributed by atoms with Crippen LogP contribution in [0.4, 0.5) is 11.4 Å². The van der Waals surface area contributed by atoms with Crippen molar-refractivity contribution >= 4 is 38.7 Å². The van der Waals surface area contributed by atoms with Crippen molar-refractivity contribution in [2.45, 2.75) is 57.2 Å². The van der Waals surface area contributed by atoms with Gasteiger partial charge >= 0.3 is 0 Å². The summed E-state index contributed by atoms with van der Waals surface area (Å²) >= 11 is 5.88. The summed E-state index contributed by atoms with van der Waals surface area (Å²) in [6, 6.07) is 16.3. The number of hydrogen-bond donors (Lipinski definition) is 2. The van der Waals surface area contributed by atoms with Gasteiger partial charge in [-0.05, 0) is 80.0 Å². The molecule has 2 aliphatic rings. The van der Waals surface area contributed by atoms with Crippen LogP contribution in [0.5, 0.6) is 0 Å². The monoisotopic (exact) mass is 509 g/mol. The van der Waals surface area contributed by atoms with Gasteiger partial charge in [0.2, 0.25) is 10.0 Å². The van der Waals surface area contributed by atoms with Crippen LogP contribution in [0.25, 0.3) is 0 Å². The lowest BCUT2D eigenvalue weighted by molar-refractivity contribution is 0.340. The van der Waals surface area contributed by atoms with E-state index in [0.717, 1.165) is 23.2 Å². The molecule has 9 heteroatoms. The van der Waals surface area contributed by atoms with E-state index in [9.17, 15) is 8.42 Å². The highest BCUT2D eigenvalue weighted by atomic mass is 32.2. The van der Waals surface area contributed by atoms with E-state index < -0.39 is 10.0 Å². The van der Waals surface area contributed by atoms with Gasteiger partial charge in [0.05, 0.1) is 23.7 Å². The molecule has 184 valence electrons. The zero-order chi connectivity index (χ0) is 24.6. The van der Waals surface area contributed by atoms with Crippen molar-refractivity contribution in [3.8, 4) is 0 Å². The standard InChI is InChI=1S/C26H31N5O2S2/c1-18-17-20(13-14-21(18)29-35(2,32)33)31-25(24(28-26(31)34)22-11-6-7-15-27-22)23-12-8-16-30(23)19-9-4-3-5-10-19/h6-8,11-17,19,24-25,29H,3-5,9-10H2,1-2H3,(H,28,34). The lowest BCUT2D eigenvalue weighted by Crippen LogP contribution is -2.31. The largest absolute Gasteiger partial charge is 0.351 e. The zero-order valence-corrected chi connectivity index (χ0v) is 21.6. The minimum absolute atomic E-state index is 0.0950. The molecule has 2 fully saturated rings. The molecule has 3 heterocycles. The molecule has 35 heavy (non-hydrogen) atoms. The Hall–Kier alpha value is -2.91. The van der Waals surface area contributed by atoms with Crippen molar-refractivity contribution in [1.29, 1.82) is 0 Å². The van der Waals surface area contributed by atoms with E-state index in [-0.39, 0.29) is 12.1 Å². The number of hydrogen-bond acceptors (Lipinski definition) is 4. The average molecular weight is 510 g/mol. The molecule has 1 aliphatic heterocycles. The fraction of sp³-hybridized carbons (Fsp3) is 0.385. The van der Waals surface area contributed by atoms with Crippen LogP contribution in [0.2, 0.25) is 0 Å². The number of anilines is 2. The number of benzene rings is 1. The number of pyridine rings is 1. The topological polar surface area (TPSA) is 79.3 Å².